The highest BCUT2D eigenvalue weighted by Gasteiger charge is 2.27. The molecule has 1 aliphatic rings. The maximum atomic E-state index is 12.9. The highest BCUT2D eigenvalue weighted by Crippen LogP contribution is 2.33. The van der Waals surface area contributed by atoms with Gasteiger partial charge in [0.05, 0.1) is 35.2 Å². The van der Waals surface area contributed by atoms with Crippen LogP contribution in [0.1, 0.15) is 68.8 Å². The molecule has 9 nitrogen and oxygen atoms in total. The molecule has 9 heteroatoms. The molecule has 5 rings (SSSR count). The molecule has 39 heavy (non-hydrogen) atoms. The zero-order valence-electron chi connectivity index (χ0n) is 22.7. The number of H-pyrrole nitrogens is 1. The van der Waals surface area contributed by atoms with Gasteiger partial charge in [0, 0.05) is 44.8 Å². The molecule has 202 valence electrons. The second-order valence-electron chi connectivity index (χ2n) is 10.1. The second-order valence-corrected chi connectivity index (χ2v) is 10.1. The Balaban J connectivity index is 1.28. The molecule has 0 bridgehead atoms. The Labute approximate surface area is 229 Å². The summed E-state index contributed by atoms with van der Waals surface area (Å²) >= 11 is 0. The van der Waals surface area contributed by atoms with Crippen LogP contribution in [0.15, 0.2) is 61.3 Å². The highest BCUT2D eigenvalue weighted by atomic mass is 16.1. The average molecular weight is 525 g/mol. The Morgan fingerprint density at radius 2 is 1.87 bits per heavy atom. The van der Waals surface area contributed by atoms with E-state index in [2.05, 4.69) is 65.8 Å². The number of hydrogen-bond donors (Lipinski definition) is 3. The minimum Gasteiger partial charge on any atom is -0.348 e. The van der Waals surface area contributed by atoms with Crippen LogP contribution in [0.4, 0.5) is 0 Å². The third-order valence-electron chi connectivity index (χ3n) is 7.31. The summed E-state index contributed by atoms with van der Waals surface area (Å²) in [4.78, 5) is 36.0. The molecule has 0 saturated heterocycles. The van der Waals surface area contributed by atoms with Gasteiger partial charge in [-0.3, -0.25) is 14.7 Å². The molecule has 0 radical (unpaired) electrons. The zero-order chi connectivity index (χ0) is 27.0. The number of pyridine rings is 1. The molecule has 3 heterocycles. The summed E-state index contributed by atoms with van der Waals surface area (Å²) in [6.45, 7) is 7.35. The van der Waals surface area contributed by atoms with Crippen molar-refractivity contribution in [3.63, 3.8) is 0 Å². The van der Waals surface area contributed by atoms with Gasteiger partial charge in [-0.05, 0) is 55.9 Å². The molecule has 0 fully saturated rings. The summed E-state index contributed by atoms with van der Waals surface area (Å²) < 4.78 is 0. The number of rotatable bonds is 11. The van der Waals surface area contributed by atoms with Crippen LogP contribution in [0.25, 0.3) is 0 Å². The fourth-order valence-corrected chi connectivity index (χ4v) is 5.37. The lowest BCUT2D eigenvalue weighted by Crippen LogP contribution is -2.37. The van der Waals surface area contributed by atoms with Crippen LogP contribution >= 0.6 is 0 Å². The van der Waals surface area contributed by atoms with Crippen molar-refractivity contribution in [2.45, 2.75) is 58.8 Å². The van der Waals surface area contributed by atoms with Gasteiger partial charge in [0.1, 0.15) is 12.2 Å². The van der Waals surface area contributed by atoms with E-state index in [1.165, 1.54) is 23.1 Å². The molecule has 4 aromatic rings. The van der Waals surface area contributed by atoms with E-state index >= 15 is 0 Å². The predicted molar refractivity (Wildman–Crippen MR) is 150 cm³/mol. The van der Waals surface area contributed by atoms with Gasteiger partial charge in [-0.1, -0.05) is 30.3 Å². The largest absolute Gasteiger partial charge is 0.348 e. The van der Waals surface area contributed by atoms with Crippen LogP contribution < -0.4 is 10.6 Å². The molecule has 0 spiro atoms. The molecule has 1 amide bonds. The summed E-state index contributed by atoms with van der Waals surface area (Å²) in [5, 5.41) is 6.57. The number of benzene rings is 1. The lowest BCUT2D eigenvalue weighted by atomic mass is 9.90. The fraction of sp³-hybridized carbons (Fsp3) is 0.367. The van der Waals surface area contributed by atoms with Gasteiger partial charge in [0.2, 0.25) is 0 Å². The SMILES string of the molecule is Cc1ncnc(C)c1C(=O)NCc1cccc(CN(CCNCc2ncc[nH]2)C2CCCc3cccnc32)c1. The first-order valence-electron chi connectivity index (χ1n) is 13.6. The first-order chi connectivity index (χ1) is 19.1. The summed E-state index contributed by atoms with van der Waals surface area (Å²) in [6, 6.07) is 13.0. The Morgan fingerprint density at radius 1 is 1.03 bits per heavy atom. The van der Waals surface area contributed by atoms with Crippen molar-refractivity contribution in [3.8, 4) is 0 Å². The molecule has 3 N–H and O–H groups in total. The molecule has 1 atom stereocenters. The number of imidazole rings is 1. The van der Waals surface area contributed by atoms with Crippen molar-refractivity contribution in [3.05, 3.63) is 106 Å². The van der Waals surface area contributed by atoms with Gasteiger partial charge in [0.15, 0.2) is 0 Å². The van der Waals surface area contributed by atoms with E-state index in [9.17, 15) is 4.79 Å². The highest BCUT2D eigenvalue weighted by molar-refractivity contribution is 5.96. The summed E-state index contributed by atoms with van der Waals surface area (Å²) in [6.07, 6.45) is 10.4. The molecule has 1 aromatic carbocycles. The quantitative estimate of drug-likeness (QED) is 0.256. The molecule has 0 saturated carbocycles. The summed E-state index contributed by atoms with van der Waals surface area (Å²) in [5.74, 6) is 0.790. The van der Waals surface area contributed by atoms with Gasteiger partial charge >= 0.3 is 0 Å². The van der Waals surface area contributed by atoms with Crippen molar-refractivity contribution >= 4 is 5.91 Å². The van der Waals surface area contributed by atoms with E-state index in [1.54, 1.807) is 6.20 Å². The number of hydrogen-bond acceptors (Lipinski definition) is 7. The number of carbonyl (C=O) groups is 1. The number of aryl methyl sites for hydroxylation is 3. The average Bonchev–Trinajstić information content (AvgIpc) is 3.47. The van der Waals surface area contributed by atoms with E-state index < -0.39 is 0 Å². The smallest absolute Gasteiger partial charge is 0.255 e. The van der Waals surface area contributed by atoms with E-state index in [0.29, 0.717) is 30.0 Å². The maximum absolute atomic E-state index is 12.9. The lowest BCUT2D eigenvalue weighted by molar-refractivity contribution is 0.0948. The van der Waals surface area contributed by atoms with Crippen molar-refractivity contribution in [2.75, 3.05) is 13.1 Å². The third kappa shape index (κ3) is 6.74. The van der Waals surface area contributed by atoms with Crippen LogP contribution in [0.5, 0.6) is 0 Å². The lowest BCUT2D eigenvalue weighted by Gasteiger charge is -2.35. The second kappa shape index (κ2) is 12.7. The maximum Gasteiger partial charge on any atom is 0.255 e. The van der Waals surface area contributed by atoms with Crippen molar-refractivity contribution in [1.82, 2.24) is 40.5 Å². The Bertz CT molecular complexity index is 1370. The molecule has 1 aliphatic carbocycles. The standard InChI is InChI=1S/C30H36N8O/c1-21-28(22(2)37-20-36-21)30(39)35-17-23-6-3-7-24(16-23)19-38(15-14-31-18-27-32-12-13-33-27)26-10-4-8-25-9-5-11-34-29(25)26/h3,5-7,9,11-13,16,20,26,31H,4,8,10,14-15,17-19H2,1-2H3,(H,32,33)(H,35,39). The Hall–Kier alpha value is -3.95. The van der Waals surface area contributed by atoms with Crippen LogP contribution in [0.3, 0.4) is 0 Å². The van der Waals surface area contributed by atoms with Gasteiger partial charge in [-0.25, -0.2) is 15.0 Å². The van der Waals surface area contributed by atoms with Crippen LogP contribution in [0, 0.1) is 13.8 Å². The van der Waals surface area contributed by atoms with Crippen molar-refractivity contribution in [2.24, 2.45) is 0 Å². The molecule has 1 unspecified atom stereocenters. The number of aromatic nitrogens is 5. The topological polar surface area (TPSA) is 112 Å². The number of aromatic amines is 1. The van der Waals surface area contributed by atoms with E-state index in [-0.39, 0.29) is 11.9 Å². The van der Waals surface area contributed by atoms with Gasteiger partial charge in [-0.15, -0.1) is 0 Å². The zero-order valence-corrected chi connectivity index (χ0v) is 22.7. The van der Waals surface area contributed by atoms with Crippen LogP contribution in [-0.4, -0.2) is 48.8 Å². The normalized spacial score (nSPS) is 14.8. The van der Waals surface area contributed by atoms with Gasteiger partial charge in [-0.2, -0.15) is 0 Å². The predicted octanol–water partition coefficient (Wildman–Crippen LogP) is 3.81. The van der Waals surface area contributed by atoms with E-state index in [0.717, 1.165) is 50.3 Å². The number of fused-ring (bicyclic) bond motifs is 1. The summed E-state index contributed by atoms with van der Waals surface area (Å²) in [5.41, 5.74) is 6.75. The molecule has 3 aromatic heterocycles. The minimum atomic E-state index is -0.148. The molecular weight excluding hydrogens is 488 g/mol. The number of amides is 1. The monoisotopic (exact) mass is 524 g/mol. The number of nitrogens with zero attached hydrogens (tertiary/aromatic N) is 5. The molecular formula is C30H36N8O. The van der Waals surface area contributed by atoms with Crippen LogP contribution in [-0.2, 0) is 26.1 Å². The van der Waals surface area contributed by atoms with Crippen molar-refractivity contribution < 1.29 is 4.79 Å². The number of nitrogens with one attached hydrogen (secondary N) is 3. The summed E-state index contributed by atoms with van der Waals surface area (Å²) in [7, 11) is 0. The van der Waals surface area contributed by atoms with Crippen LogP contribution in [0.2, 0.25) is 0 Å². The number of carbonyl (C=O) groups excluding carboxylic acids is 1. The van der Waals surface area contributed by atoms with E-state index in [4.69, 9.17) is 4.98 Å². The Morgan fingerprint density at radius 3 is 2.69 bits per heavy atom. The first kappa shape index (κ1) is 26.6. The third-order valence-corrected chi connectivity index (χ3v) is 7.31. The van der Waals surface area contributed by atoms with Gasteiger partial charge < -0.3 is 15.6 Å². The van der Waals surface area contributed by atoms with Crippen molar-refractivity contribution in [1.29, 1.82) is 0 Å². The Kier molecular flexibility index (Phi) is 8.70. The molecule has 0 aliphatic heterocycles. The minimum absolute atomic E-state index is 0.148. The van der Waals surface area contributed by atoms with Gasteiger partial charge in [0.25, 0.3) is 5.91 Å². The van der Waals surface area contributed by atoms with E-state index in [1.807, 2.05) is 32.3 Å². The fourth-order valence-electron chi connectivity index (χ4n) is 5.37. The first-order valence-corrected chi connectivity index (χ1v) is 13.6.